The average Bonchev–Trinajstić information content (AvgIpc) is 3.10. The van der Waals surface area contributed by atoms with E-state index in [1.807, 2.05) is 7.05 Å². The van der Waals surface area contributed by atoms with E-state index in [4.69, 9.17) is 5.73 Å². The Labute approximate surface area is 95.5 Å². The van der Waals surface area contributed by atoms with Crippen LogP contribution in [-0.2, 0) is 0 Å². The van der Waals surface area contributed by atoms with Crippen molar-refractivity contribution < 1.29 is 4.79 Å². The van der Waals surface area contributed by atoms with Gasteiger partial charge in [0.05, 0.1) is 0 Å². The summed E-state index contributed by atoms with van der Waals surface area (Å²) < 4.78 is 0. The van der Waals surface area contributed by atoms with Gasteiger partial charge in [0.25, 0.3) is 5.91 Å². The summed E-state index contributed by atoms with van der Waals surface area (Å²) in [5, 5.41) is 0. The van der Waals surface area contributed by atoms with Gasteiger partial charge in [0.2, 0.25) is 0 Å². The molecule has 86 valence electrons. The minimum Gasteiger partial charge on any atom is -0.384 e. The Hall–Kier alpha value is -1.58. The number of amides is 1. The lowest BCUT2D eigenvalue weighted by atomic mass is 10.2. The van der Waals surface area contributed by atoms with Crippen molar-refractivity contribution in [2.45, 2.75) is 25.8 Å². The minimum absolute atomic E-state index is 0.0494. The predicted molar refractivity (Wildman–Crippen MR) is 62.9 cm³/mol. The van der Waals surface area contributed by atoms with E-state index in [9.17, 15) is 4.79 Å². The number of nitrogen functional groups attached to an aromatic ring is 1. The van der Waals surface area contributed by atoms with E-state index in [0.29, 0.717) is 17.4 Å². The number of anilines is 1. The molecule has 0 aromatic carbocycles. The van der Waals surface area contributed by atoms with Crippen molar-refractivity contribution >= 4 is 11.7 Å². The van der Waals surface area contributed by atoms with E-state index in [0.717, 1.165) is 0 Å². The quantitative estimate of drug-likeness (QED) is 0.838. The molecule has 1 aromatic heterocycles. The van der Waals surface area contributed by atoms with Gasteiger partial charge in [-0.05, 0) is 37.8 Å². The summed E-state index contributed by atoms with van der Waals surface area (Å²) >= 11 is 0. The standard InChI is InChI=1S/C12H17N3O/c1-8(9-6-7-9)15(2)12(16)10-4-3-5-11(13)14-10/h3-5,8-9H,6-7H2,1-2H3,(H2,13,14). The largest absolute Gasteiger partial charge is 0.384 e. The zero-order chi connectivity index (χ0) is 11.7. The van der Waals surface area contributed by atoms with Gasteiger partial charge in [0.1, 0.15) is 11.5 Å². The summed E-state index contributed by atoms with van der Waals surface area (Å²) in [5.41, 5.74) is 5.99. The fourth-order valence-electron chi connectivity index (χ4n) is 1.83. The number of carbonyl (C=O) groups is 1. The molecule has 2 N–H and O–H groups in total. The van der Waals surface area contributed by atoms with Crippen LogP contribution < -0.4 is 5.73 Å². The maximum absolute atomic E-state index is 12.1. The second-order valence-electron chi connectivity index (χ2n) is 4.44. The van der Waals surface area contributed by atoms with E-state index < -0.39 is 0 Å². The van der Waals surface area contributed by atoms with Crippen LogP contribution in [0.2, 0.25) is 0 Å². The molecule has 1 amide bonds. The summed E-state index contributed by atoms with van der Waals surface area (Å²) in [4.78, 5) is 17.9. The number of nitrogens with zero attached hydrogens (tertiary/aromatic N) is 2. The monoisotopic (exact) mass is 219 g/mol. The van der Waals surface area contributed by atoms with Crippen LogP contribution in [0.3, 0.4) is 0 Å². The lowest BCUT2D eigenvalue weighted by molar-refractivity contribution is 0.0721. The predicted octanol–water partition coefficient (Wildman–Crippen LogP) is 1.53. The Balaban J connectivity index is 2.11. The highest BCUT2D eigenvalue weighted by atomic mass is 16.2. The number of carbonyl (C=O) groups excluding carboxylic acids is 1. The van der Waals surface area contributed by atoms with Gasteiger partial charge >= 0.3 is 0 Å². The summed E-state index contributed by atoms with van der Waals surface area (Å²) in [6, 6.07) is 5.43. The van der Waals surface area contributed by atoms with Crippen LogP contribution in [0, 0.1) is 5.92 Å². The van der Waals surface area contributed by atoms with Crippen molar-refractivity contribution in [3.8, 4) is 0 Å². The van der Waals surface area contributed by atoms with Gasteiger partial charge in [0.15, 0.2) is 0 Å². The fraction of sp³-hybridized carbons (Fsp3) is 0.500. The molecule has 16 heavy (non-hydrogen) atoms. The highest BCUT2D eigenvalue weighted by Crippen LogP contribution is 2.34. The van der Waals surface area contributed by atoms with Gasteiger partial charge < -0.3 is 10.6 Å². The normalized spacial score (nSPS) is 16.9. The Kier molecular flexibility index (Phi) is 2.81. The average molecular weight is 219 g/mol. The van der Waals surface area contributed by atoms with E-state index in [1.165, 1.54) is 12.8 Å². The van der Waals surface area contributed by atoms with Crippen LogP contribution in [0.1, 0.15) is 30.3 Å². The number of hydrogen-bond acceptors (Lipinski definition) is 3. The minimum atomic E-state index is -0.0494. The molecule has 1 atom stereocenters. The SMILES string of the molecule is CC(C1CC1)N(C)C(=O)c1cccc(N)n1. The summed E-state index contributed by atoms with van der Waals surface area (Å²) in [6.45, 7) is 2.09. The highest BCUT2D eigenvalue weighted by Gasteiger charge is 2.32. The molecule has 1 saturated carbocycles. The number of pyridine rings is 1. The first kappa shape index (κ1) is 10.9. The maximum atomic E-state index is 12.1. The second kappa shape index (κ2) is 4.12. The first-order valence-electron chi connectivity index (χ1n) is 5.59. The first-order chi connectivity index (χ1) is 7.59. The summed E-state index contributed by atoms with van der Waals surface area (Å²) in [6.07, 6.45) is 2.45. The maximum Gasteiger partial charge on any atom is 0.272 e. The van der Waals surface area contributed by atoms with Crippen LogP contribution in [0.25, 0.3) is 0 Å². The molecule has 1 aliphatic carbocycles. The molecule has 0 bridgehead atoms. The van der Waals surface area contributed by atoms with Crippen LogP contribution in [0.15, 0.2) is 18.2 Å². The van der Waals surface area contributed by atoms with Crippen molar-refractivity contribution in [1.29, 1.82) is 0 Å². The number of hydrogen-bond donors (Lipinski definition) is 1. The van der Waals surface area contributed by atoms with Crippen LogP contribution in [0.4, 0.5) is 5.82 Å². The molecule has 0 spiro atoms. The zero-order valence-electron chi connectivity index (χ0n) is 9.68. The molecular weight excluding hydrogens is 202 g/mol. The smallest absolute Gasteiger partial charge is 0.272 e. The van der Waals surface area contributed by atoms with Crippen LogP contribution in [-0.4, -0.2) is 28.9 Å². The number of rotatable bonds is 3. The lowest BCUT2D eigenvalue weighted by Crippen LogP contribution is -2.36. The molecule has 0 aliphatic heterocycles. The lowest BCUT2D eigenvalue weighted by Gasteiger charge is -2.24. The van der Waals surface area contributed by atoms with Crippen molar-refractivity contribution in [1.82, 2.24) is 9.88 Å². The number of aromatic nitrogens is 1. The van der Waals surface area contributed by atoms with Gasteiger partial charge in [0, 0.05) is 13.1 Å². The molecular formula is C12H17N3O. The Morgan fingerprint density at radius 3 is 2.81 bits per heavy atom. The van der Waals surface area contributed by atoms with Crippen LogP contribution in [0.5, 0.6) is 0 Å². The second-order valence-corrected chi connectivity index (χ2v) is 4.44. The van der Waals surface area contributed by atoms with Gasteiger partial charge in [-0.2, -0.15) is 0 Å². The van der Waals surface area contributed by atoms with Crippen molar-refractivity contribution in [2.24, 2.45) is 5.92 Å². The molecule has 1 unspecified atom stereocenters. The van der Waals surface area contributed by atoms with Gasteiger partial charge in [-0.3, -0.25) is 4.79 Å². The molecule has 4 heteroatoms. The van der Waals surface area contributed by atoms with Crippen molar-refractivity contribution in [3.05, 3.63) is 23.9 Å². The third kappa shape index (κ3) is 2.15. The Bertz CT molecular complexity index is 401. The molecule has 1 fully saturated rings. The Morgan fingerprint density at radius 1 is 1.56 bits per heavy atom. The van der Waals surface area contributed by atoms with E-state index in [1.54, 1.807) is 23.1 Å². The fourth-order valence-corrected chi connectivity index (χ4v) is 1.83. The van der Waals surface area contributed by atoms with Gasteiger partial charge in [-0.1, -0.05) is 6.07 Å². The number of nitrogens with two attached hydrogens (primary N) is 1. The van der Waals surface area contributed by atoms with E-state index in [2.05, 4.69) is 11.9 Å². The molecule has 2 rings (SSSR count). The van der Waals surface area contributed by atoms with Crippen molar-refractivity contribution in [2.75, 3.05) is 12.8 Å². The summed E-state index contributed by atoms with van der Waals surface area (Å²) in [5.74, 6) is 1.00. The van der Waals surface area contributed by atoms with Gasteiger partial charge in [-0.15, -0.1) is 0 Å². The summed E-state index contributed by atoms with van der Waals surface area (Å²) in [7, 11) is 1.83. The third-order valence-electron chi connectivity index (χ3n) is 3.23. The highest BCUT2D eigenvalue weighted by molar-refractivity contribution is 5.92. The van der Waals surface area contributed by atoms with E-state index in [-0.39, 0.29) is 11.9 Å². The molecule has 0 radical (unpaired) electrons. The van der Waals surface area contributed by atoms with E-state index >= 15 is 0 Å². The van der Waals surface area contributed by atoms with Crippen LogP contribution >= 0.6 is 0 Å². The molecule has 4 nitrogen and oxygen atoms in total. The first-order valence-corrected chi connectivity index (χ1v) is 5.59. The molecule has 1 heterocycles. The third-order valence-corrected chi connectivity index (χ3v) is 3.23. The van der Waals surface area contributed by atoms with Gasteiger partial charge in [-0.25, -0.2) is 4.98 Å². The Morgan fingerprint density at radius 2 is 2.25 bits per heavy atom. The molecule has 0 saturated heterocycles. The zero-order valence-corrected chi connectivity index (χ0v) is 9.68. The molecule has 1 aromatic rings. The topological polar surface area (TPSA) is 59.2 Å². The molecule has 1 aliphatic rings. The van der Waals surface area contributed by atoms with Crippen molar-refractivity contribution in [3.63, 3.8) is 0 Å².